The topological polar surface area (TPSA) is 74.6 Å². The maximum Gasteiger partial charge on any atom is 0.175 e. The van der Waals surface area contributed by atoms with Gasteiger partial charge in [0.05, 0.1) is 5.69 Å². The molecule has 6 heteroatoms. The average Bonchev–Trinajstić information content (AvgIpc) is 2.60. The van der Waals surface area contributed by atoms with Crippen LogP contribution in [0.1, 0.15) is 0 Å². The van der Waals surface area contributed by atoms with Crippen molar-refractivity contribution < 1.29 is 0 Å². The largest absolute Gasteiger partial charge is 0.380 e. The fourth-order valence-electron chi connectivity index (χ4n) is 1.28. The first-order valence-electron chi connectivity index (χ1n) is 3.83. The zero-order valence-corrected chi connectivity index (χ0v) is 7.47. The number of aromatic nitrogens is 5. The molecule has 2 heterocycles. The quantitative estimate of drug-likeness (QED) is 0.656. The summed E-state index contributed by atoms with van der Waals surface area (Å²) in [5.41, 5.74) is 7.36. The molecule has 2 aromatic rings. The van der Waals surface area contributed by atoms with E-state index in [0.29, 0.717) is 5.82 Å². The highest BCUT2D eigenvalue weighted by molar-refractivity contribution is 5.66. The highest BCUT2D eigenvalue weighted by Gasteiger charge is 2.12. The van der Waals surface area contributed by atoms with E-state index >= 15 is 0 Å². The SMILES string of the molecule is Cn1nccc1-c1c(N)nnn1C. The third-order valence-electron chi connectivity index (χ3n) is 1.92. The minimum atomic E-state index is 0.422. The van der Waals surface area contributed by atoms with Crippen molar-refractivity contribution in [2.45, 2.75) is 0 Å². The number of nitrogens with zero attached hydrogens (tertiary/aromatic N) is 5. The van der Waals surface area contributed by atoms with Crippen LogP contribution in [0.4, 0.5) is 5.82 Å². The zero-order valence-electron chi connectivity index (χ0n) is 7.47. The van der Waals surface area contributed by atoms with Gasteiger partial charge in [0.25, 0.3) is 0 Å². The molecule has 0 aliphatic heterocycles. The minimum Gasteiger partial charge on any atom is -0.380 e. The average molecular weight is 178 g/mol. The molecular weight excluding hydrogens is 168 g/mol. The number of anilines is 1. The Morgan fingerprint density at radius 3 is 2.54 bits per heavy atom. The molecular formula is C7H10N6. The third-order valence-corrected chi connectivity index (χ3v) is 1.92. The van der Waals surface area contributed by atoms with Crippen LogP contribution in [0.15, 0.2) is 12.3 Å². The highest BCUT2D eigenvalue weighted by Crippen LogP contribution is 2.21. The van der Waals surface area contributed by atoms with Gasteiger partial charge in [-0.05, 0) is 6.07 Å². The van der Waals surface area contributed by atoms with Gasteiger partial charge >= 0.3 is 0 Å². The third kappa shape index (κ3) is 1.07. The lowest BCUT2D eigenvalue weighted by atomic mass is 10.3. The molecule has 13 heavy (non-hydrogen) atoms. The number of hydrogen-bond donors (Lipinski definition) is 1. The molecule has 2 aromatic heterocycles. The second-order valence-electron chi connectivity index (χ2n) is 2.79. The fourth-order valence-corrected chi connectivity index (χ4v) is 1.28. The Kier molecular flexibility index (Phi) is 1.54. The van der Waals surface area contributed by atoms with Gasteiger partial charge < -0.3 is 5.73 Å². The van der Waals surface area contributed by atoms with Crippen molar-refractivity contribution in [1.29, 1.82) is 0 Å². The van der Waals surface area contributed by atoms with Crippen LogP contribution in [-0.2, 0) is 14.1 Å². The van der Waals surface area contributed by atoms with Gasteiger partial charge in [0.2, 0.25) is 0 Å². The molecule has 0 spiro atoms. The van der Waals surface area contributed by atoms with Gasteiger partial charge in [-0.3, -0.25) is 4.68 Å². The normalized spacial score (nSPS) is 10.6. The summed E-state index contributed by atoms with van der Waals surface area (Å²) in [5.74, 6) is 0.422. The summed E-state index contributed by atoms with van der Waals surface area (Å²) in [6.45, 7) is 0. The molecule has 0 aromatic carbocycles. The molecule has 0 unspecified atom stereocenters. The maximum atomic E-state index is 5.67. The van der Waals surface area contributed by atoms with E-state index in [-0.39, 0.29) is 0 Å². The van der Waals surface area contributed by atoms with Crippen LogP contribution in [-0.4, -0.2) is 24.8 Å². The predicted molar refractivity (Wildman–Crippen MR) is 47.6 cm³/mol. The minimum absolute atomic E-state index is 0.422. The van der Waals surface area contributed by atoms with Crippen molar-refractivity contribution >= 4 is 5.82 Å². The Balaban J connectivity index is 2.64. The van der Waals surface area contributed by atoms with Crippen LogP contribution in [0.2, 0.25) is 0 Å². The van der Waals surface area contributed by atoms with Gasteiger partial charge in [0.15, 0.2) is 5.82 Å². The van der Waals surface area contributed by atoms with Gasteiger partial charge in [-0.15, -0.1) is 5.10 Å². The Hall–Kier alpha value is -1.85. The Labute approximate surface area is 75.0 Å². The summed E-state index contributed by atoms with van der Waals surface area (Å²) < 4.78 is 3.36. The molecule has 2 N–H and O–H groups in total. The Morgan fingerprint density at radius 1 is 1.31 bits per heavy atom. The first-order valence-corrected chi connectivity index (χ1v) is 3.83. The second-order valence-corrected chi connectivity index (χ2v) is 2.79. The number of nitrogens with two attached hydrogens (primary N) is 1. The van der Waals surface area contributed by atoms with Crippen molar-refractivity contribution in [3.8, 4) is 11.4 Å². The Bertz CT molecular complexity index is 406. The predicted octanol–water partition coefficient (Wildman–Crippen LogP) is -0.202. The fraction of sp³-hybridized carbons (Fsp3) is 0.286. The standard InChI is InChI=1S/C7H10N6/c1-12-5(3-4-9-12)6-7(8)10-11-13(6)2/h3-4H,8H2,1-2H3. The zero-order chi connectivity index (χ0) is 9.42. The molecule has 0 amide bonds. The summed E-state index contributed by atoms with van der Waals surface area (Å²) in [4.78, 5) is 0. The van der Waals surface area contributed by atoms with Crippen LogP contribution < -0.4 is 5.73 Å². The van der Waals surface area contributed by atoms with Crippen molar-refractivity contribution in [2.75, 3.05) is 5.73 Å². The van der Waals surface area contributed by atoms with Crippen molar-refractivity contribution in [2.24, 2.45) is 14.1 Å². The van der Waals surface area contributed by atoms with E-state index in [0.717, 1.165) is 11.4 Å². The van der Waals surface area contributed by atoms with E-state index in [1.165, 1.54) is 0 Å². The Morgan fingerprint density at radius 2 is 2.08 bits per heavy atom. The van der Waals surface area contributed by atoms with E-state index in [2.05, 4.69) is 15.4 Å². The highest BCUT2D eigenvalue weighted by atomic mass is 15.4. The molecule has 2 rings (SSSR count). The lowest BCUT2D eigenvalue weighted by molar-refractivity contribution is 0.707. The van der Waals surface area contributed by atoms with Gasteiger partial charge in [-0.1, -0.05) is 5.21 Å². The molecule has 0 atom stereocenters. The lowest BCUT2D eigenvalue weighted by Crippen LogP contribution is -2.01. The van der Waals surface area contributed by atoms with Crippen molar-refractivity contribution in [3.05, 3.63) is 12.3 Å². The summed E-state index contributed by atoms with van der Waals surface area (Å²) >= 11 is 0. The second kappa shape index (κ2) is 2.58. The van der Waals surface area contributed by atoms with Crippen LogP contribution in [0, 0.1) is 0 Å². The number of aryl methyl sites for hydroxylation is 2. The van der Waals surface area contributed by atoms with Crippen LogP contribution in [0.25, 0.3) is 11.4 Å². The van der Waals surface area contributed by atoms with E-state index in [9.17, 15) is 0 Å². The summed E-state index contributed by atoms with van der Waals surface area (Å²) in [7, 11) is 3.65. The molecule has 0 aliphatic carbocycles. The first-order chi connectivity index (χ1) is 6.20. The van der Waals surface area contributed by atoms with Crippen molar-refractivity contribution in [3.63, 3.8) is 0 Å². The first kappa shape index (κ1) is 7.78. The van der Waals surface area contributed by atoms with E-state index in [1.807, 2.05) is 13.1 Å². The summed E-state index contributed by atoms with van der Waals surface area (Å²) in [5, 5.41) is 11.6. The molecule has 0 aliphatic rings. The van der Waals surface area contributed by atoms with Gasteiger partial charge in [0.1, 0.15) is 5.69 Å². The maximum absolute atomic E-state index is 5.67. The monoisotopic (exact) mass is 178 g/mol. The smallest absolute Gasteiger partial charge is 0.175 e. The summed E-state index contributed by atoms with van der Waals surface area (Å²) in [6, 6.07) is 1.87. The van der Waals surface area contributed by atoms with Gasteiger partial charge in [-0.2, -0.15) is 5.10 Å². The number of nitrogen functional groups attached to an aromatic ring is 1. The van der Waals surface area contributed by atoms with Crippen molar-refractivity contribution in [1.82, 2.24) is 24.8 Å². The molecule has 6 nitrogen and oxygen atoms in total. The van der Waals surface area contributed by atoms with E-state index in [4.69, 9.17) is 5.73 Å². The number of rotatable bonds is 1. The van der Waals surface area contributed by atoms with E-state index in [1.54, 1.807) is 22.6 Å². The molecule has 0 bridgehead atoms. The molecule has 0 fully saturated rings. The van der Waals surface area contributed by atoms with Crippen LogP contribution in [0.5, 0.6) is 0 Å². The number of hydrogen-bond acceptors (Lipinski definition) is 4. The van der Waals surface area contributed by atoms with Gasteiger partial charge in [-0.25, -0.2) is 4.68 Å². The summed E-state index contributed by atoms with van der Waals surface area (Å²) in [6.07, 6.45) is 1.71. The molecule has 0 saturated carbocycles. The molecule has 0 radical (unpaired) electrons. The molecule has 0 saturated heterocycles. The molecule has 68 valence electrons. The van der Waals surface area contributed by atoms with E-state index < -0.39 is 0 Å². The van der Waals surface area contributed by atoms with Gasteiger partial charge in [0, 0.05) is 20.3 Å². The van der Waals surface area contributed by atoms with Crippen LogP contribution in [0.3, 0.4) is 0 Å². The van der Waals surface area contributed by atoms with Crippen LogP contribution >= 0.6 is 0 Å². The lowest BCUT2D eigenvalue weighted by Gasteiger charge is -2.01.